The Kier molecular flexibility index (Phi) is 6.14. The van der Waals surface area contributed by atoms with Gasteiger partial charge in [-0.2, -0.15) is 0 Å². The Labute approximate surface area is 210 Å². The molecule has 3 saturated heterocycles. The lowest BCUT2D eigenvalue weighted by Gasteiger charge is -2.36. The number of ether oxygens (including phenoxy) is 1. The second kappa shape index (κ2) is 8.84. The summed E-state index contributed by atoms with van der Waals surface area (Å²) < 4.78 is 4.57. The van der Waals surface area contributed by atoms with E-state index in [0.29, 0.717) is 12.1 Å². The monoisotopic (exact) mass is 546 g/mol. The van der Waals surface area contributed by atoms with E-state index in [1.54, 1.807) is 25.6 Å². The first-order valence-corrected chi connectivity index (χ1v) is 13.3. The van der Waals surface area contributed by atoms with Crippen molar-refractivity contribution in [1.29, 1.82) is 0 Å². The van der Waals surface area contributed by atoms with Gasteiger partial charge in [0.1, 0.15) is 6.04 Å². The van der Waals surface area contributed by atoms with E-state index in [1.807, 2.05) is 42.5 Å². The maximum absolute atomic E-state index is 13.8. The summed E-state index contributed by atoms with van der Waals surface area (Å²) in [4.78, 5) is 42.0. The first kappa shape index (κ1) is 23.6. The molecule has 2 amide bonds. The van der Waals surface area contributed by atoms with E-state index >= 15 is 0 Å². The molecule has 9 heteroatoms. The van der Waals surface area contributed by atoms with Crippen LogP contribution in [0.2, 0.25) is 0 Å². The maximum atomic E-state index is 13.8. The van der Waals surface area contributed by atoms with E-state index in [4.69, 9.17) is 4.74 Å². The number of hydrogen-bond acceptors (Lipinski definition) is 6. The average molecular weight is 547 g/mol. The molecule has 180 valence electrons. The van der Waals surface area contributed by atoms with Crippen LogP contribution >= 0.6 is 27.7 Å². The molecule has 1 spiro atoms. The number of anilines is 1. The highest BCUT2D eigenvalue weighted by atomic mass is 79.9. The highest BCUT2D eigenvalue weighted by Crippen LogP contribution is 2.68. The van der Waals surface area contributed by atoms with Crippen molar-refractivity contribution >= 4 is 61.9 Å². The van der Waals surface area contributed by atoms with E-state index in [9.17, 15) is 19.5 Å². The summed E-state index contributed by atoms with van der Waals surface area (Å²) in [7, 11) is 0. The van der Waals surface area contributed by atoms with Crippen molar-refractivity contribution in [3.8, 4) is 0 Å². The molecule has 2 aromatic rings. The van der Waals surface area contributed by atoms with Gasteiger partial charge in [0.05, 0.1) is 35.8 Å². The zero-order valence-electron chi connectivity index (χ0n) is 18.9. The number of likely N-dealkylation sites (tertiary alicyclic amines) is 1. The van der Waals surface area contributed by atoms with Gasteiger partial charge in [0.2, 0.25) is 11.8 Å². The summed E-state index contributed by atoms with van der Waals surface area (Å²) in [6.07, 6.45) is 0.582. The maximum Gasteiger partial charge on any atom is 0.310 e. The third kappa shape index (κ3) is 3.46. The van der Waals surface area contributed by atoms with Gasteiger partial charge in [0, 0.05) is 15.8 Å². The summed E-state index contributed by atoms with van der Waals surface area (Å²) in [5, 5.41) is 14.9. The number of rotatable bonds is 6. The van der Waals surface area contributed by atoms with Gasteiger partial charge in [-0.25, -0.2) is 0 Å². The fourth-order valence-electron chi connectivity index (χ4n) is 5.91. The minimum atomic E-state index is -0.812. The smallest absolute Gasteiger partial charge is 0.310 e. The van der Waals surface area contributed by atoms with Crippen molar-refractivity contribution in [3.05, 3.63) is 42.5 Å². The Morgan fingerprint density at radius 3 is 2.74 bits per heavy atom. The minimum absolute atomic E-state index is 0.0173. The average Bonchev–Trinajstić information content (AvgIpc) is 3.42. The number of amides is 2. The molecule has 3 unspecified atom stereocenters. The molecule has 0 aliphatic carbocycles. The summed E-state index contributed by atoms with van der Waals surface area (Å²) in [6, 6.07) is 12.2. The van der Waals surface area contributed by atoms with Crippen LogP contribution in [0.25, 0.3) is 10.8 Å². The molecule has 5 rings (SSSR count). The SMILES string of the molecule is CCOC(=O)[C@H]1[C@@H]2SC3(CC2Br)C(C(=O)Nc2ccc4ccccc4c2)N([C@H](C)CO)C(=O)[C@H]13. The first-order valence-electron chi connectivity index (χ1n) is 11.5. The lowest BCUT2D eigenvalue weighted by Crippen LogP contribution is -2.54. The molecular weight excluding hydrogens is 520 g/mol. The van der Waals surface area contributed by atoms with Crippen LogP contribution in [-0.4, -0.2) is 67.9 Å². The molecule has 3 heterocycles. The van der Waals surface area contributed by atoms with Crippen LogP contribution in [0.5, 0.6) is 0 Å². The fourth-order valence-corrected chi connectivity index (χ4v) is 9.50. The highest BCUT2D eigenvalue weighted by molar-refractivity contribution is 9.09. The number of thioether (sulfide) groups is 1. The second-order valence-electron chi connectivity index (χ2n) is 9.24. The molecule has 7 nitrogen and oxygen atoms in total. The number of esters is 1. The van der Waals surface area contributed by atoms with E-state index in [1.165, 1.54) is 4.90 Å². The van der Waals surface area contributed by atoms with E-state index < -0.39 is 34.6 Å². The van der Waals surface area contributed by atoms with Gasteiger partial charge >= 0.3 is 5.97 Å². The Bertz CT molecular complexity index is 1160. The number of benzene rings is 2. The molecular formula is C25H27BrN2O5S. The Balaban J connectivity index is 1.53. The van der Waals surface area contributed by atoms with Gasteiger partial charge in [-0.3, -0.25) is 14.4 Å². The number of fused-ring (bicyclic) bond motifs is 2. The predicted molar refractivity (Wildman–Crippen MR) is 135 cm³/mol. The Morgan fingerprint density at radius 2 is 2.03 bits per heavy atom. The van der Waals surface area contributed by atoms with Gasteiger partial charge in [0.25, 0.3) is 0 Å². The largest absolute Gasteiger partial charge is 0.466 e. The number of nitrogens with one attached hydrogen (secondary N) is 1. The van der Waals surface area contributed by atoms with Crippen LogP contribution in [0.1, 0.15) is 20.3 Å². The summed E-state index contributed by atoms with van der Waals surface area (Å²) >= 11 is 5.26. The van der Waals surface area contributed by atoms with Gasteiger partial charge in [0.15, 0.2) is 0 Å². The van der Waals surface area contributed by atoms with Crippen molar-refractivity contribution in [1.82, 2.24) is 4.90 Å². The Hall–Kier alpha value is -2.10. The number of carbonyl (C=O) groups excluding carboxylic acids is 3. The zero-order valence-corrected chi connectivity index (χ0v) is 21.3. The summed E-state index contributed by atoms with van der Waals surface area (Å²) in [6.45, 7) is 3.43. The molecule has 2 aromatic carbocycles. The lowest BCUT2D eigenvalue weighted by atomic mass is 9.71. The number of aliphatic hydroxyl groups excluding tert-OH is 1. The number of nitrogens with zero attached hydrogens (tertiary/aromatic N) is 1. The summed E-state index contributed by atoms with van der Waals surface area (Å²) in [5.41, 5.74) is 0.641. The number of carbonyl (C=O) groups is 3. The van der Waals surface area contributed by atoms with Crippen LogP contribution in [-0.2, 0) is 19.1 Å². The fraction of sp³-hybridized carbons (Fsp3) is 0.480. The molecule has 2 bridgehead atoms. The number of hydrogen-bond donors (Lipinski definition) is 2. The number of halogens is 1. The van der Waals surface area contributed by atoms with Crippen LogP contribution in [0.15, 0.2) is 42.5 Å². The van der Waals surface area contributed by atoms with E-state index in [2.05, 4.69) is 21.2 Å². The number of aliphatic hydroxyl groups is 1. The molecule has 7 atom stereocenters. The normalized spacial score (nSPS) is 32.6. The molecule has 0 radical (unpaired) electrons. The quantitative estimate of drug-likeness (QED) is 0.426. The Morgan fingerprint density at radius 1 is 1.29 bits per heavy atom. The molecule has 0 aromatic heterocycles. The lowest BCUT2D eigenvalue weighted by molar-refractivity contribution is -0.154. The summed E-state index contributed by atoms with van der Waals surface area (Å²) in [5.74, 6) is -2.23. The second-order valence-corrected chi connectivity index (χ2v) is 12.0. The van der Waals surface area contributed by atoms with Crippen molar-refractivity contribution in [2.24, 2.45) is 11.8 Å². The molecule has 2 N–H and O–H groups in total. The molecule has 34 heavy (non-hydrogen) atoms. The van der Waals surface area contributed by atoms with Crippen LogP contribution in [0.4, 0.5) is 5.69 Å². The van der Waals surface area contributed by atoms with Gasteiger partial charge in [-0.05, 0) is 43.2 Å². The van der Waals surface area contributed by atoms with Crippen molar-refractivity contribution < 1.29 is 24.2 Å². The molecule has 3 fully saturated rings. The van der Waals surface area contributed by atoms with Crippen molar-refractivity contribution in [2.45, 2.75) is 47.2 Å². The van der Waals surface area contributed by atoms with Crippen molar-refractivity contribution in [3.63, 3.8) is 0 Å². The predicted octanol–water partition coefficient (Wildman–Crippen LogP) is 3.19. The number of alkyl halides is 1. The van der Waals surface area contributed by atoms with Crippen molar-refractivity contribution in [2.75, 3.05) is 18.5 Å². The van der Waals surface area contributed by atoms with Crippen LogP contribution < -0.4 is 5.32 Å². The molecule has 0 saturated carbocycles. The van der Waals surface area contributed by atoms with Crippen LogP contribution in [0.3, 0.4) is 0 Å². The standard InChI is InChI=1S/C25H27BrN2O5S/c1-3-33-24(32)18-19-23(31)28(13(2)12-29)21(25(19)11-17(26)20(18)34-25)22(30)27-16-9-8-14-6-4-5-7-15(14)10-16/h4-10,13,17-21,29H,3,11-12H2,1-2H3,(H,27,30)/t13-,17?,18-,19+,20-,21?,25?/m1/s1. The molecule has 3 aliphatic heterocycles. The minimum Gasteiger partial charge on any atom is -0.466 e. The van der Waals surface area contributed by atoms with E-state index in [0.717, 1.165) is 10.8 Å². The topological polar surface area (TPSA) is 95.9 Å². The van der Waals surface area contributed by atoms with Gasteiger partial charge in [-0.15, -0.1) is 11.8 Å². The van der Waals surface area contributed by atoms with Gasteiger partial charge < -0.3 is 20.1 Å². The third-order valence-electron chi connectivity index (χ3n) is 7.29. The third-order valence-corrected chi connectivity index (χ3v) is 10.5. The first-order chi connectivity index (χ1) is 16.3. The van der Waals surface area contributed by atoms with Gasteiger partial charge in [-0.1, -0.05) is 46.3 Å². The van der Waals surface area contributed by atoms with E-state index in [-0.39, 0.29) is 35.1 Å². The molecule has 3 aliphatic rings. The zero-order chi connectivity index (χ0) is 24.2. The highest BCUT2D eigenvalue weighted by Gasteiger charge is 2.76. The van der Waals surface area contributed by atoms with Crippen LogP contribution in [0, 0.1) is 11.8 Å².